The summed E-state index contributed by atoms with van der Waals surface area (Å²) in [6.45, 7) is 6.99. The fourth-order valence-electron chi connectivity index (χ4n) is 4.58. The molecule has 2 aliphatic heterocycles. The highest BCUT2D eigenvalue weighted by Crippen LogP contribution is 2.33. The molecule has 0 bridgehead atoms. The van der Waals surface area contributed by atoms with Crippen molar-refractivity contribution in [3.05, 3.63) is 0 Å². The van der Waals surface area contributed by atoms with Gasteiger partial charge < -0.3 is 14.9 Å². The highest BCUT2D eigenvalue weighted by molar-refractivity contribution is 5.79. The molecule has 1 aliphatic carbocycles. The van der Waals surface area contributed by atoms with Crippen LogP contribution in [0.2, 0.25) is 0 Å². The molecule has 0 spiro atoms. The maximum absolute atomic E-state index is 12.6. The molecule has 3 aliphatic rings. The highest BCUT2D eigenvalue weighted by Gasteiger charge is 2.36. The van der Waals surface area contributed by atoms with Gasteiger partial charge in [-0.15, -0.1) is 0 Å². The SMILES string of the molecule is CC1CCC(O)(CN2CCC(C(=O)N3CCCCC3)CC2)CC1. The minimum absolute atomic E-state index is 0.227. The van der Waals surface area contributed by atoms with E-state index in [2.05, 4.69) is 16.7 Å². The number of hydrogen-bond donors (Lipinski definition) is 1. The van der Waals surface area contributed by atoms with E-state index in [9.17, 15) is 9.90 Å². The number of likely N-dealkylation sites (tertiary alicyclic amines) is 2. The van der Waals surface area contributed by atoms with Gasteiger partial charge in [-0.3, -0.25) is 4.79 Å². The summed E-state index contributed by atoms with van der Waals surface area (Å²) in [5.74, 6) is 1.39. The topological polar surface area (TPSA) is 43.8 Å². The van der Waals surface area contributed by atoms with Crippen molar-refractivity contribution in [2.75, 3.05) is 32.7 Å². The Kier molecular flexibility index (Phi) is 5.63. The zero-order chi connectivity index (χ0) is 16.3. The lowest BCUT2D eigenvalue weighted by molar-refractivity contribution is -0.138. The quantitative estimate of drug-likeness (QED) is 0.869. The van der Waals surface area contributed by atoms with Crippen LogP contribution in [-0.4, -0.2) is 59.1 Å². The first kappa shape index (κ1) is 17.2. The Hall–Kier alpha value is -0.610. The van der Waals surface area contributed by atoms with E-state index in [1.165, 1.54) is 19.3 Å². The van der Waals surface area contributed by atoms with Crippen LogP contribution in [0.15, 0.2) is 0 Å². The molecular formula is C19H34N2O2. The molecule has 1 saturated carbocycles. The van der Waals surface area contributed by atoms with Crippen molar-refractivity contribution in [3.8, 4) is 0 Å². The lowest BCUT2D eigenvalue weighted by Gasteiger charge is -2.41. The zero-order valence-electron chi connectivity index (χ0n) is 14.8. The number of hydrogen-bond acceptors (Lipinski definition) is 3. The van der Waals surface area contributed by atoms with Crippen molar-refractivity contribution >= 4 is 5.91 Å². The number of rotatable bonds is 3. The van der Waals surface area contributed by atoms with Gasteiger partial charge in [0, 0.05) is 25.6 Å². The minimum atomic E-state index is -0.476. The summed E-state index contributed by atoms with van der Waals surface area (Å²) >= 11 is 0. The summed E-state index contributed by atoms with van der Waals surface area (Å²) in [4.78, 5) is 17.1. The van der Waals surface area contributed by atoms with Gasteiger partial charge >= 0.3 is 0 Å². The number of carbonyl (C=O) groups is 1. The molecule has 3 rings (SSSR count). The zero-order valence-corrected chi connectivity index (χ0v) is 14.8. The highest BCUT2D eigenvalue weighted by atomic mass is 16.3. The molecule has 2 saturated heterocycles. The van der Waals surface area contributed by atoms with Crippen molar-refractivity contribution in [1.82, 2.24) is 9.80 Å². The van der Waals surface area contributed by atoms with Crippen molar-refractivity contribution in [2.45, 2.75) is 70.3 Å². The van der Waals surface area contributed by atoms with Crippen molar-refractivity contribution in [2.24, 2.45) is 11.8 Å². The van der Waals surface area contributed by atoms with Gasteiger partial charge in [-0.05, 0) is 76.8 Å². The standard InChI is InChI=1S/C19H34N2O2/c1-16-5-9-19(23,10-6-16)15-20-13-7-17(8-14-20)18(22)21-11-3-2-4-12-21/h16-17,23H,2-15H2,1H3. The lowest BCUT2D eigenvalue weighted by Crippen LogP contribution is -2.49. The van der Waals surface area contributed by atoms with Crippen LogP contribution in [0, 0.1) is 11.8 Å². The average Bonchev–Trinajstić information content (AvgIpc) is 2.59. The van der Waals surface area contributed by atoms with Gasteiger partial charge in [0.05, 0.1) is 5.60 Å². The van der Waals surface area contributed by atoms with Crippen LogP contribution in [-0.2, 0) is 4.79 Å². The molecule has 0 aromatic carbocycles. The summed E-state index contributed by atoms with van der Waals surface area (Å²) in [7, 11) is 0. The van der Waals surface area contributed by atoms with Gasteiger partial charge in [-0.1, -0.05) is 6.92 Å². The van der Waals surface area contributed by atoms with Crippen LogP contribution in [0.1, 0.15) is 64.7 Å². The van der Waals surface area contributed by atoms with Crippen molar-refractivity contribution in [1.29, 1.82) is 0 Å². The van der Waals surface area contributed by atoms with E-state index in [4.69, 9.17) is 0 Å². The number of aliphatic hydroxyl groups is 1. The summed E-state index contributed by atoms with van der Waals surface area (Å²) in [6.07, 6.45) is 9.78. The predicted molar refractivity (Wildman–Crippen MR) is 92.2 cm³/mol. The number of piperidine rings is 2. The summed E-state index contributed by atoms with van der Waals surface area (Å²) in [6, 6.07) is 0. The molecule has 4 nitrogen and oxygen atoms in total. The van der Waals surface area contributed by atoms with Gasteiger partial charge in [0.15, 0.2) is 0 Å². The molecule has 1 amide bonds. The van der Waals surface area contributed by atoms with E-state index in [0.29, 0.717) is 5.91 Å². The van der Waals surface area contributed by atoms with Gasteiger partial charge in [0.25, 0.3) is 0 Å². The van der Waals surface area contributed by atoms with E-state index in [1.807, 2.05) is 0 Å². The molecule has 0 aromatic rings. The van der Waals surface area contributed by atoms with E-state index < -0.39 is 5.60 Å². The largest absolute Gasteiger partial charge is 0.389 e. The maximum atomic E-state index is 12.6. The summed E-state index contributed by atoms with van der Waals surface area (Å²) in [5.41, 5.74) is -0.476. The number of amides is 1. The van der Waals surface area contributed by atoms with Crippen LogP contribution in [0.25, 0.3) is 0 Å². The van der Waals surface area contributed by atoms with Crippen LogP contribution in [0.5, 0.6) is 0 Å². The third-order valence-electron chi connectivity index (χ3n) is 6.33. The molecule has 2 heterocycles. The first-order chi connectivity index (χ1) is 11.1. The fourth-order valence-corrected chi connectivity index (χ4v) is 4.58. The Labute approximate surface area is 141 Å². The number of nitrogens with zero attached hydrogens (tertiary/aromatic N) is 2. The van der Waals surface area contributed by atoms with Gasteiger partial charge in [-0.25, -0.2) is 0 Å². The minimum Gasteiger partial charge on any atom is -0.389 e. The van der Waals surface area contributed by atoms with Gasteiger partial charge in [-0.2, -0.15) is 0 Å². The Morgan fingerprint density at radius 1 is 1.00 bits per heavy atom. The third kappa shape index (κ3) is 4.48. The van der Waals surface area contributed by atoms with Gasteiger partial charge in [0.2, 0.25) is 5.91 Å². The molecule has 0 radical (unpaired) electrons. The van der Waals surface area contributed by atoms with E-state index in [1.54, 1.807) is 0 Å². The lowest BCUT2D eigenvalue weighted by atomic mass is 9.79. The second-order valence-corrected chi connectivity index (χ2v) is 8.34. The number of carbonyl (C=O) groups excluding carboxylic acids is 1. The van der Waals surface area contributed by atoms with E-state index in [-0.39, 0.29) is 5.92 Å². The Morgan fingerprint density at radius 2 is 1.61 bits per heavy atom. The van der Waals surface area contributed by atoms with Crippen molar-refractivity contribution < 1.29 is 9.90 Å². The van der Waals surface area contributed by atoms with E-state index in [0.717, 1.165) is 77.2 Å². The Morgan fingerprint density at radius 3 is 2.22 bits per heavy atom. The smallest absolute Gasteiger partial charge is 0.225 e. The average molecular weight is 322 g/mol. The normalized spacial score (nSPS) is 34.5. The molecule has 132 valence electrons. The van der Waals surface area contributed by atoms with Gasteiger partial charge in [0.1, 0.15) is 0 Å². The summed E-state index contributed by atoms with van der Waals surface area (Å²) < 4.78 is 0. The first-order valence-corrected chi connectivity index (χ1v) is 9.79. The molecule has 0 aromatic heterocycles. The fraction of sp³-hybridized carbons (Fsp3) is 0.947. The molecule has 23 heavy (non-hydrogen) atoms. The second kappa shape index (κ2) is 7.52. The molecule has 0 unspecified atom stereocenters. The van der Waals surface area contributed by atoms with E-state index >= 15 is 0 Å². The third-order valence-corrected chi connectivity index (χ3v) is 6.33. The van der Waals surface area contributed by atoms with Crippen LogP contribution < -0.4 is 0 Å². The van der Waals surface area contributed by atoms with Crippen LogP contribution >= 0.6 is 0 Å². The Balaban J connectivity index is 1.44. The van der Waals surface area contributed by atoms with Crippen LogP contribution in [0.3, 0.4) is 0 Å². The number of β-amino-alcohol motifs (C(OH)–C–C–N with tert-alkyl or cyclic N) is 1. The molecule has 1 N–H and O–H groups in total. The van der Waals surface area contributed by atoms with Crippen LogP contribution in [0.4, 0.5) is 0 Å². The monoisotopic (exact) mass is 322 g/mol. The van der Waals surface area contributed by atoms with Crippen molar-refractivity contribution in [3.63, 3.8) is 0 Å². The second-order valence-electron chi connectivity index (χ2n) is 8.34. The Bertz CT molecular complexity index is 390. The molecule has 0 atom stereocenters. The first-order valence-electron chi connectivity index (χ1n) is 9.79. The molecule has 3 fully saturated rings. The predicted octanol–water partition coefficient (Wildman–Crippen LogP) is 2.65. The molecule has 4 heteroatoms. The summed E-state index contributed by atoms with van der Waals surface area (Å²) in [5, 5.41) is 10.8. The molecular weight excluding hydrogens is 288 g/mol. The maximum Gasteiger partial charge on any atom is 0.225 e.